The molecule has 3 aromatic rings. The van der Waals surface area contributed by atoms with Gasteiger partial charge in [-0.3, -0.25) is 4.98 Å². The Bertz CT molecular complexity index is 736. The van der Waals surface area contributed by atoms with Crippen molar-refractivity contribution in [1.29, 1.82) is 0 Å². The van der Waals surface area contributed by atoms with E-state index in [-0.39, 0.29) is 6.04 Å². The van der Waals surface area contributed by atoms with E-state index in [4.69, 9.17) is 9.15 Å². The maximum atomic E-state index is 5.66. The number of pyridine rings is 1. The van der Waals surface area contributed by atoms with Gasteiger partial charge in [-0.2, -0.15) is 0 Å². The molecule has 108 valence electrons. The van der Waals surface area contributed by atoms with Crippen molar-refractivity contribution in [2.45, 2.75) is 13.0 Å². The quantitative estimate of drug-likeness (QED) is 0.777. The number of hydrogen-bond acceptors (Lipinski definition) is 4. The molecule has 0 radical (unpaired) electrons. The highest BCUT2D eigenvalue weighted by molar-refractivity contribution is 5.82. The minimum atomic E-state index is -0.0604. The predicted octanol–water partition coefficient (Wildman–Crippen LogP) is 3.54. The molecular weight excluding hydrogens is 264 g/mol. The minimum Gasteiger partial charge on any atom is -0.495 e. The van der Waals surface area contributed by atoms with E-state index in [0.29, 0.717) is 0 Å². The first-order chi connectivity index (χ1) is 10.3. The van der Waals surface area contributed by atoms with Crippen molar-refractivity contribution in [2.75, 3.05) is 13.7 Å². The van der Waals surface area contributed by atoms with E-state index in [9.17, 15) is 0 Å². The normalized spacial score (nSPS) is 12.5. The van der Waals surface area contributed by atoms with Crippen molar-refractivity contribution >= 4 is 11.0 Å². The summed E-state index contributed by atoms with van der Waals surface area (Å²) >= 11 is 0. The maximum Gasteiger partial charge on any atom is 0.142 e. The lowest BCUT2D eigenvalue weighted by Gasteiger charge is -2.18. The predicted molar refractivity (Wildman–Crippen MR) is 82.5 cm³/mol. The molecule has 1 atom stereocenters. The molecule has 2 heterocycles. The van der Waals surface area contributed by atoms with Gasteiger partial charge in [0.05, 0.1) is 19.4 Å². The standard InChI is InChI=1S/C17H18N2O2/c1-3-18-16(17-15(20-2)9-6-10-19-17)13-11-21-14-8-5-4-7-12(13)14/h4-11,16,18H,3H2,1-2H3. The summed E-state index contributed by atoms with van der Waals surface area (Å²) in [6, 6.07) is 11.8. The van der Waals surface area contributed by atoms with Crippen molar-refractivity contribution in [1.82, 2.24) is 10.3 Å². The number of fused-ring (bicyclic) bond motifs is 1. The molecule has 1 unspecified atom stereocenters. The van der Waals surface area contributed by atoms with Crippen LogP contribution in [-0.2, 0) is 0 Å². The topological polar surface area (TPSA) is 47.3 Å². The van der Waals surface area contributed by atoms with Crippen molar-refractivity contribution in [3.8, 4) is 5.75 Å². The number of benzene rings is 1. The van der Waals surface area contributed by atoms with E-state index >= 15 is 0 Å². The second-order valence-corrected chi connectivity index (χ2v) is 4.77. The molecule has 0 bridgehead atoms. The van der Waals surface area contributed by atoms with E-state index in [2.05, 4.69) is 23.3 Å². The van der Waals surface area contributed by atoms with Crippen molar-refractivity contribution in [3.05, 3.63) is 60.1 Å². The summed E-state index contributed by atoms with van der Waals surface area (Å²) in [5, 5.41) is 4.56. The number of rotatable bonds is 5. The first kappa shape index (κ1) is 13.6. The van der Waals surface area contributed by atoms with Gasteiger partial charge >= 0.3 is 0 Å². The van der Waals surface area contributed by atoms with Crippen molar-refractivity contribution in [2.24, 2.45) is 0 Å². The second kappa shape index (κ2) is 5.97. The smallest absolute Gasteiger partial charge is 0.142 e. The van der Waals surface area contributed by atoms with Crippen LogP contribution < -0.4 is 10.1 Å². The number of nitrogens with one attached hydrogen (secondary N) is 1. The van der Waals surface area contributed by atoms with Crippen LogP contribution in [0.25, 0.3) is 11.0 Å². The maximum absolute atomic E-state index is 5.66. The summed E-state index contributed by atoms with van der Waals surface area (Å²) in [6.45, 7) is 2.90. The van der Waals surface area contributed by atoms with Crippen LogP contribution in [0.1, 0.15) is 24.2 Å². The zero-order valence-electron chi connectivity index (χ0n) is 12.2. The lowest BCUT2D eigenvalue weighted by Crippen LogP contribution is -2.23. The largest absolute Gasteiger partial charge is 0.495 e. The summed E-state index contributed by atoms with van der Waals surface area (Å²) in [5.74, 6) is 0.772. The molecule has 4 heteroatoms. The first-order valence-corrected chi connectivity index (χ1v) is 7.03. The molecular formula is C17H18N2O2. The molecule has 0 fully saturated rings. The Balaban J connectivity index is 2.13. The van der Waals surface area contributed by atoms with Crippen LogP contribution in [0, 0.1) is 0 Å². The summed E-state index contributed by atoms with van der Waals surface area (Å²) < 4.78 is 11.1. The molecule has 4 nitrogen and oxygen atoms in total. The molecule has 1 N–H and O–H groups in total. The Kier molecular flexibility index (Phi) is 3.88. The number of ether oxygens (including phenoxy) is 1. The van der Waals surface area contributed by atoms with E-state index < -0.39 is 0 Å². The number of aromatic nitrogens is 1. The van der Waals surface area contributed by atoms with Gasteiger partial charge in [0.25, 0.3) is 0 Å². The zero-order valence-corrected chi connectivity index (χ0v) is 12.2. The van der Waals surface area contributed by atoms with Gasteiger partial charge < -0.3 is 14.5 Å². The molecule has 0 spiro atoms. The third-order valence-corrected chi connectivity index (χ3v) is 3.52. The van der Waals surface area contributed by atoms with Gasteiger partial charge in [0, 0.05) is 17.1 Å². The first-order valence-electron chi connectivity index (χ1n) is 7.03. The summed E-state index contributed by atoms with van der Waals surface area (Å²) in [4.78, 5) is 4.50. The Morgan fingerprint density at radius 1 is 1.24 bits per heavy atom. The second-order valence-electron chi connectivity index (χ2n) is 4.77. The lowest BCUT2D eigenvalue weighted by molar-refractivity contribution is 0.400. The van der Waals surface area contributed by atoms with Crippen molar-refractivity contribution in [3.63, 3.8) is 0 Å². The van der Waals surface area contributed by atoms with Gasteiger partial charge in [-0.15, -0.1) is 0 Å². The number of hydrogen-bond donors (Lipinski definition) is 1. The fourth-order valence-corrected chi connectivity index (χ4v) is 2.57. The van der Waals surface area contributed by atoms with Crippen LogP contribution in [0.2, 0.25) is 0 Å². The Hall–Kier alpha value is -2.33. The Labute approximate surface area is 123 Å². The van der Waals surface area contributed by atoms with Gasteiger partial charge in [0.1, 0.15) is 17.0 Å². The number of para-hydroxylation sites is 1. The van der Waals surface area contributed by atoms with Crippen LogP contribution >= 0.6 is 0 Å². The highest BCUT2D eigenvalue weighted by atomic mass is 16.5. The highest BCUT2D eigenvalue weighted by Crippen LogP contribution is 2.33. The fraction of sp³-hybridized carbons (Fsp3) is 0.235. The van der Waals surface area contributed by atoms with Gasteiger partial charge in [-0.05, 0) is 24.7 Å². The molecule has 2 aromatic heterocycles. The third kappa shape index (κ3) is 2.50. The highest BCUT2D eigenvalue weighted by Gasteiger charge is 2.22. The SMILES string of the molecule is CCNC(c1ncccc1OC)c1coc2ccccc12. The van der Waals surface area contributed by atoms with Crippen molar-refractivity contribution < 1.29 is 9.15 Å². The molecule has 1 aromatic carbocycles. The monoisotopic (exact) mass is 282 g/mol. The van der Waals surface area contributed by atoms with Crippen LogP contribution in [-0.4, -0.2) is 18.6 Å². The number of methoxy groups -OCH3 is 1. The molecule has 0 saturated heterocycles. The Morgan fingerprint density at radius 3 is 2.90 bits per heavy atom. The van der Waals surface area contributed by atoms with E-state index in [1.807, 2.05) is 30.3 Å². The van der Waals surface area contributed by atoms with Crippen LogP contribution in [0.3, 0.4) is 0 Å². The minimum absolute atomic E-state index is 0.0604. The molecule has 3 rings (SSSR count). The van der Waals surface area contributed by atoms with E-state index in [1.54, 1.807) is 19.6 Å². The molecule has 0 amide bonds. The molecule has 0 saturated carbocycles. The molecule has 0 aliphatic carbocycles. The summed E-state index contributed by atoms with van der Waals surface area (Å²) in [5.41, 5.74) is 2.82. The van der Waals surface area contributed by atoms with E-state index in [1.165, 1.54) is 0 Å². The number of nitrogens with zero attached hydrogens (tertiary/aromatic N) is 1. The fourth-order valence-electron chi connectivity index (χ4n) is 2.57. The number of furan rings is 1. The van der Waals surface area contributed by atoms with Gasteiger partial charge in [0.2, 0.25) is 0 Å². The average molecular weight is 282 g/mol. The third-order valence-electron chi connectivity index (χ3n) is 3.52. The van der Waals surface area contributed by atoms with Gasteiger partial charge in [0.15, 0.2) is 0 Å². The van der Waals surface area contributed by atoms with Crippen LogP contribution in [0.5, 0.6) is 5.75 Å². The van der Waals surface area contributed by atoms with Crippen LogP contribution in [0.4, 0.5) is 0 Å². The molecule has 21 heavy (non-hydrogen) atoms. The molecule has 0 aliphatic heterocycles. The summed E-state index contributed by atoms with van der Waals surface area (Å²) in [6.07, 6.45) is 3.58. The van der Waals surface area contributed by atoms with Gasteiger partial charge in [-0.25, -0.2) is 0 Å². The lowest BCUT2D eigenvalue weighted by atomic mass is 10.0. The van der Waals surface area contributed by atoms with Crippen LogP contribution in [0.15, 0.2) is 53.3 Å². The zero-order chi connectivity index (χ0) is 14.7. The summed E-state index contributed by atoms with van der Waals surface area (Å²) in [7, 11) is 1.66. The van der Waals surface area contributed by atoms with E-state index in [0.717, 1.165) is 34.5 Å². The van der Waals surface area contributed by atoms with Gasteiger partial charge in [-0.1, -0.05) is 25.1 Å². The average Bonchev–Trinajstić information content (AvgIpc) is 2.96. The Morgan fingerprint density at radius 2 is 2.10 bits per heavy atom. The molecule has 0 aliphatic rings.